The third-order valence-corrected chi connectivity index (χ3v) is 5.40. The standard InChI is InChI=1S/C20H19Br2N3O3S/c1-11-8-13(21)9-16(22)18(11)28-10-17(26)25-20(29)24-15-6-4-14(5-7-15)23-19(27)12-2-3-12/h4-9,12H,2-3,10H2,1H3,(H,23,27)(H2,24,25,26,29). The summed E-state index contributed by atoms with van der Waals surface area (Å²) in [5.74, 6) is 0.442. The van der Waals surface area contributed by atoms with Crippen molar-refractivity contribution in [1.82, 2.24) is 5.32 Å². The molecule has 3 rings (SSSR count). The van der Waals surface area contributed by atoms with Gasteiger partial charge in [0.05, 0.1) is 4.47 Å². The maximum atomic E-state index is 12.1. The van der Waals surface area contributed by atoms with Crippen LogP contribution >= 0.6 is 44.1 Å². The number of benzene rings is 2. The van der Waals surface area contributed by atoms with Crippen molar-refractivity contribution in [2.24, 2.45) is 5.92 Å². The smallest absolute Gasteiger partial charge is 0.264 e. The van der Waals surface area contributed by atoms with Crippen LogP contribution in [0, 0.1) is 12.8 Å². The highest BCUT2D eigenvalue weighted by Crippen LogP contribution is 2.32. The zero-order valence-corrected chi connectivity index (χ0v) is 19.5. The molecule has 0 heterocycles. The van der Waals surface area contributed by atoms with E-state index in [4.69, 9.17) is 17.0 Å². The van der Waals surface area contributed by atoms with Crippen LogP contribution in [0.3, 0.4) is 0 Å². The number of anilines is 2. The van der Waals surface area contributed by atoms with Gasteiger partial charge in [-0.25, -0.2) is 0 Å². The Hall–Kier alpha value is -1.97. The number of hydrogen-bond donors (Lipinski definition) is 3. The lowest BCUT2D eigenvalue weighted by molar-refractivity contribution is -0.121. The Kier molecular flexibility index (Phi) is 7.26. The van der Waals surface area contributed by atoms with Crippen molar-refractivity contribution in [3.8, 4) is 5.75 Å². The minimum absolute atomic E-state index is 0.0566. The van der Waals surface area contributed by atoms with Gasteiger partial charge in [0.15, 0.2) is 11.7 Å². The van der Waals surface area contributed by atoms with Crippen LogP contribution in [0.2, 0.25) is 0 Å². The number of halogens is 2. The molecule has 0 spiro atoms. The molecule has 1 fully saturated rings. The van der Waals surface area contributed by atoms with Crippen molar-refractivity contribution in [2.75, 3.05) is 17.2 Å². The molecule has 0 aliphatic heterocycles. The van der Waals surface area contributed by atoms with Gasteiger partial charge in [-0.2, -0.15) is 0 Å². The first-order valence-corrected chi connectivity index (χ1v) is 10.9. The van der Waals surface area contributed by atoms with Gasteiger partial charge in [-0.3, -0.25) is 14.9 Å². The minimum atomic E-state index is -0.370. The van der Waals surface area contributed by atoms with E-state index in [0.29, 0.717) is 11.4 Å². The lowest BCUT2D eigenvalue weighted by Crippen LogP contribution is -2.37. The monoisotopic (exact) mass is 539 g/mol. The average Bonchev–Trinajstić information content (AvgIpc) is 3.47. The zero-order valence-electron chi connectivity index (χ0n) is 15.6. The van der Waals surface area contributed by atoms with E-state index in [9.17, 15) is 9.59 Å². The number of ether oxygens (including phenoxy) is 1. The Morgan fingerprint density at radius 1 is 1.10 bits per heavy atom. The van der Waals surface area contributed by atoms with E-state index in [1.807, 2.05) is 19.1 Å². The largest absolute Gasteiger partial charge is 0.482 e. The van der Waals surface area contributed by atoms with E-state index in [1.54, 1.807) is 24.3 Å². The molecule has 2 amide bonds. The first-order valence-electron chi connectivity index (χ1n) is 8.92. The van der Waals surface area contributed by atoms with Crippen LogP contribution in [0.1, 0.15) is 18.4 Å². The van der Waals surface area contributed by atoms with Crippen LogP contribution in [0.25, 0.3) is 0 Å². The van der Waals surface area contributed by atoms with Crippen LogP contribution in [0.5, 0.6) is 5.75 Å². The normalized spacial score (nSPS) is 12.8. The molecule has 0 saturated heterocycles. The number of rotatable bonds is 6. The fourth-order valence-electron chi connectivity index (χ4n) is 2.56. The first-order chi connectivity index (χ1) is 13.8. The summed E-state index contributed by atoms with van der Waals surface area (Å²) in [5, 5.41) is 8.55. The second kappa shape index (κ2) is 9.69. The molecule has 0 bridgehead atoms. The fourth-order valence-corrected chi connectivity index (χ4v) is 4.35. The molecule has 6 nitrogen and oxygen atoms in total. The quantitative estimate of drug-likeness (QED) is 0.460. The van der Waals surface area contributed by atoms with Crippen molar-refractivity contribution >= 4 is 72.4 Å². The van der Waals surface area contributed by atoms with Crippen molar-refractivity contribution in [3.63, 3.8) is 0 Å². The van der Waals surface area contributed by atoms with E-state index in [2.05, 4.69) is 47.8 Å². The van der Waals surface area contributed by atoms with E-state index >= 15 is 0 Å². The summed E-state index contributed by atoms with van der Waals surface area (Å²) in [5.41, 5.74) is 2.33. The lowest BCUT2D eigenvalue weighted by atomic mass is 10.2. The van der Waals surface area contributed by atoms with Gasteiger partial charge in [0.1, 0.15) is 5.75 Å². The summed E-state index contributed by atoms with van der Waals surface area (Å²) in [6, 6.07) is 10.9. The van der Waals surface area contributed by atoms with Crippen molar-refractivity contribution in [2.45, 2.75) is 19.8 Å². The molecular formula is C20H19Br2N3O3S. The molecule has 1 aliphatic rings. The number of hydrogen-bond acceptors (Lipinski definition) is 4. The van der Waals surface area contributed by atoms with Crippen LogP contribution in [0.15, 0.2) is 45.3 Å². The van der Waals surface area contributed by atoms with Crippen molar-refractivity contribution in [1.29, 1.82) is 0 Å². The molecule has 1 aliphatic carbocycles. The molecule has 0 radical (unpaired) electrons. The summed E-state index contributed by atoms with van der Waals surface area (Å²) >= 11 is 12.0. The van der Waals surface area contributed by atoms with Crippen LogP contribution in [-0.2, 0) is 9.59 Å². The zero-order chi connectivity index (χ0) is 21.0. The SMILES string of the molecule is Cc1cc(Br)cc(Br)c1OCC(=O)NC(=S)Nc1ccc(NC(=O)C2CC2)cc1. The average molecular weight is 541 g/mol. The van der Waals surface area contributed by atoms with Gasteiger partial charge in [-0.15, -0.1) is 0 Å². The van der Waals surface area contributed by atoms with E-state index in [1.165, 1.54) is 0 Å². The molecule has 2 aromatic carbocycles. The molecule has 1 saturated carbocycles. The van der Waals surface area contributed by atoms with Gasteiger partial charge in [0.25, 0.3) is 5.91 Å². The van der Waals surface area contributed by atoms with Gasteiger partial charge >= 0.3 is 0 Å². The highest BCUT2D eigenvalue weighted by Gasteiger charge is 2.29. The fraction of sp³-hybridized carbons (Fsp3) is 0.250. The van der Waals surface area contributed by atoms with Gasteiger partial charge < -0.3 is 15.4 Å². The summed E-state index contributed by atoms with van der Waals surface area (Å²) in [7, 11) is 0. The van der Waals surface area contributed by atoms with Crippen LogP contribution in [-0.4, -0.2) is 23.5 Å². The predicted octanol–water partition coefficient (Wildman–Crippen LogP) is 4.76. The Labute approximate surface area is 191 Å². The molecule has 0 atom stereocenters. The number of amides is 2. The highest BCUT2D eigenvalue weighted by atomic mass is 79.9. The van der Waals surface area contributed by atoms with Crippen LogP contribution in [0.4, 0.5) is 11.4 Å². The number of aryl methyl sites for hydroxylation is 1. The third kappa shape index (κ3) is 6.52. The molecule has 2 aromatic rings. The number of nitrogens with one attached hydrogen (secondary N) is 3. The lowest BCUT2D eigenvalue weighted by Gasteiger charge is -2.13. The Morgan fingerprint density at radius 3 is 2.31 bits per heavy atom. The Morgan fingerprint density at radius 2 is 1.72 bits per heavy atom. The van der Waals surface area contributed by atoms with Crippen LogP contribution < -0.4 is 20.7 Å². The maximum Gasteiger partial charge on any atom is 0.264 e. The van der Waals surface area contributed by atoms with Gasteiger partial charge in [0, 0.05) is 21.8 Å². The number of carbonyl (C=O) groups excluding carboxylic acids is 2. The van der Waals surface area contributed by atoms with E-state index in [-0.39, 0.29) is 29.5 Å². The molecule has 152 valence electrons. The van der Waals surface area contributed by atoms with Gasteiger partial charge in [0.2, 0.25) is 5.91 Å². The molecule has 9 heteroatoms. The topological polar surface area (TPSA) is 79.5 Å². The molecule has 3 N–H and O–H groups in total. The summed E-state index contributed by atoms with van der Waals surface area (Å²) in [6.07, 6.45) is 1.92. The molecule has 0 aromatic heterocycles. The third-order valence-electron chi connectivity index (χ3n) is 4.15. The van der Waals surface area contributed by atoms with Gasteiger partial charge in [-0.1, -0.05) is 15.9 Å². The Bertz CT molecular complexity index is 923. The molecule has 0 unspecified atom stereocenters. The second-order valence-electron chi connectivity index (χ2n) is 6.67. The first kappa shape index (κ1) is 21.7. The summed E-state index contributed by atoms with van der Waals surface area (Å²) in [6.45, 7) is 1.72. The summed E-state index contributed by atoms with van der Waals surface area (Å²) in [4.78, 5) is 23.9. The number of carbonyl (C=O) groups is 2. The van der Waals surface area contributed by atoms with E-state index < -0.39 is 0 Å². The van der Waals surface area contributed by atoms with Gasteiger partial charge in [-0.05, 0) is 89.9 Å². The number of thiocarbonyl (C=S) groups is 1. The van der Waals surface area contributed by atoms with Crippen molar-refractivity contribution in [3.05, 3.63) is 50.9 Å². The Balaban J connectivity index is 1.46. The summed E-state index contributed by atoms with van der Waals surface area (Å²) < 4.78 is 7.28. The minimum Gasteiger partial charge on any atom is -0.482 e. The predicted molar refractivity (Wildman–Crippen MR) is 124 cm³/mol. The second-order valence-corrected chi connectivity index (χ2v) is 8.84. The van der Waals surface area contributed by atoms with Crippen molar-refractivity contribution < 1.29 is 14.3 Å². The maximum absolute atomic E-state index is 12.1. The van der Waals surface area contributed by atoms with E-state index in [0.717, 1.165) is 33.0 Å². The molecule has 29 heavy (non-hydrogen) atoms. The highest BCUT2D eigenvalue weighted by molar-refractivity contribution is 9.11. The molecular weight excluding hydrogens is 522 g/mol.